The maximum absolute atomic E-state index is 14.1. The first-order chi connectivity index (χ1) is 12.8. The van der Waals surface area contributed by atoms with Crippen molar-refractivity contribution in [3.05, 3.63) is 22.7 Å². The Kier molecular flexibility index (Phi) is 6.43. The molecule has 0 bridgehead atoms. The van der Waals surface area contributed by atoms with Gasteiger partial charge >= 0.3 is 36.3 Å². The topological polar surface area (TPSA) is 87.7 Å². The van der Waals surface area contributed by atoms with Crippen molar-refractivity contribution in [1.82, 2.24) is 5.43 Å². The van der Waals surface area contributed by atoms with Crippen LogP contribution in [0.15, 0.2) is 12.1 Å². The molecule has 0 spiro atoms. The van der Waals surface area contributed by atoms with Crippen LogP contribution in [0, 0.1) is 0 Å². The predicted octanol–water partition coefficient (Wildman–Crippen LogP) is 4.06. The summed E-state index contributed by atoms with van der Waals surface area (Å²) in [5, 5.41) is 6.91. The molecule has 0 aliphatic heterocycles. The van der Waals surface area contributed by atoms with Crippen molar-refractivity contribution in [2.75, 3.05) is 5.43 Å². The number of aliphatic carboxylic acids is 1. The summed E-state index contributed by atoms with van der Waals surface area (Å²) < 4.78 is 131. The van der Waals surface area contributed by atoms with E-state index in [0.717, 1.165) is 0 Å². The molecule has 0 unspecified atom stereocenters. The first-order valence-corrected chi connectivity index (χ1v) is 6.90. The average Bonchev–Trinajstić information content (AvgIpc) is 2.48. The van der Waals surface area contributed by atoms with Gasteiger partial charge in [0.15, 0.2) is 5.75 Å². The largest absolute Gasteiger partial charge is 0.573 e. The number of halogens is 11. The number of carbonyl (C=O) groups is 2. The number of carboxylic acid groups (broad SMARTS) is 1. The van der Waals surface area contributed by atoms with Crippen LogP contribution in [0.2, 0.25) is 5.02 Å². The third kappa shape index (κ3) is 5.24. The standard InChI is InChI=1S/C12H5ClF10N2O4/c13-4-1-3(9(14,10(15,16)17)11(18,19)20)2-5(29-12(21,22)23)6(4)24-25-7(26)8(27)28/h1-2,24H,(H,25,26)(H,27,28). The van der Waals surface area contributed by atoms with Gasteiger partial charge in [0, 0.05) is 5.56 Å². The summed E-state index contributed by atoms with van der Waals surface area (Å²) in [5.41, 5.74) is -7.23. The van der Waals surface area contributed by atoms with E-state index in [4.69, 9.17) is 16.7 Å². The molecule has 0 saturated heterocycles. The van der Waals surface area contributed by atoms with Crippen LogP contribution in [-0.4, -0.2) is 35.7 Å². The number of anilines is 1. The molecule has 3 N–H and O–H groups in total. The van der Waals surface area contributed by atoms with Crippen LogP contribution in [0.25, 0.3) is 0 Å². The zero-order chi connectivity index (χ0) is 23.0. The van der Waals surface area contributed by atoms with Gasteiger partial charge in [0.2, 0.25) is 0 Å². The van der Waals surface area contributed by atoms with Crippen molar-refractivity contribution in [3.63, 3.8) is 0 Å². The lowest BCUT2D eigenvalue weighted by Crippen LogP contribution is -2.50. The van der Waals surface area contributed by atoms with E-state index in [9.17, 15) is 53.5 Å². The van der Waals surface area contributed by atoms with Crippen molar-refractivity contribution >= 4 is 29.2 Å². The number of benzene rings is 1. The van der Waals surface area contributed by atoms with Crippen molar-refractivity contribution < 1.29 is 63.3 Å². The van der Waals surface area contributed by atoms with Crippen LogP contribution in [0.1, 0.15) is 5.56 Å². The molecule has 0 saturated carbocycles. The van der Waals surface area contributed by atoms with Gasteiger partial charge in [-0.2, -0.15) is 26.3 Å². The second-order valence-electron chi connectivity index (χ2n) is 4.92. The number of carboxylic acids is 1. The van der Waals surface area contributed by atoms with Gasteiger partial charge < -0.3 is 9.84 Å². The third-order valence-corrected chi connectivity index (χ3v) is 3.25. The summed E-state index contributed by atoms with van der Waals surface area (Å²) in [4.78, 5) is 21.2. The number of amides is 1. The van der Waals surface area contributed by atoms with Crippen LogP contribution in [-0.2, 0) is 15.3 Å². The molecule has 0 radical (unpaired) electrons. The smallest absolute Gasteiger partial charge is 0.474 e. The molecule has 1 amide bonds. The highest BCUT2D eigenvalue weighted by Crippen LogP contribution is 2.55. The lowest BCUT2D eigenvalue weighted by Gasteiger charge is -2.31. The van der Waals surface area contributed by atoms with Gasteiger partial charge in [-0.3, -0.25) is 15.6 Å². The SMILES string of the molecule is O=C(O)C(=O)NNc1c(Cl)cc(C(F)(C(F)(F)F)C(F)(F)F)cc1OC(F)(F)F. The highest BCUT2D eigenvalue weighted by molar-refractivity contribution is 6.34. The van der Waals surface area contributed by atoms with Gasteiger partial charge in [-0.1, -0.05) is 11.6 Å². The minimum Gasteiger partial charge on any atom is -0.474 e. The fraction of sp³-hybridized carbons (Fsp3) is 0.333. The Hall–Kier alpha value is -2.65. The Bertz CT molecular complexity index is 792. The van der Waals surface area contributed by atoms with E-state index in [1.807, 2.05) is 0 Å². The normalized spacial score (nSPS) is 13.1. The molecule has 1 aromatic rings. The maximum Gasteiger partial charge on any atom is 0.573 e. The molecule has 0 atom stereocenters. The van der Waals surface area contributed by atoms with E-state index in [1.165, 1.54) is 10.9 Å². The van der Waals surface area contributed by atoms with Crippen LogP contribution in [0.4, 0.5) is 49.6 Å². The second-order valence-corrected chi connectivity index (χ2v) is 5.32. The minimum atomic E-state index is -6.67. The molecular formula is C12H5ClF10N2O4. The van der Waals surface area contributed by atoms with E-state index in [-0.39, 0.29) is 6.07 Å². The van der Waals surface area contributed by atoms with E-state index in [2.05, 4.69) is 4.74 Å². The van der Waals surface area contributed by atoms with Crippen molar-refractivity contribution in [1.29, 1.82) is 0 Å². The average molecular weight is 467 g/mol. The highest BCUT2D eigenvalue weighted by atomic mass is 35.5. The fourth-order valence-electron chi connectivity index (χ4n) is 1.77. The van der Waals surface area contributed by atoms with Crippen LogP contribution in [0.3, 0.4) is 0 Å². The molecule has 17 heteroatoms. The van der Waals surface area contributed by atoms with Gasteiger partial charge in [0.25, 0.3) is 0 Å². The second kappa shape index (κ2) is 7.64. The Morgan fingerprint density at radius 1 is 0.931 bits per heavy atom. The number of nitrogens with one attached hydrogen (secondary N) is 2. The zero-order valence-electron chi connectivity index (χ0n) is 13.0. The predicted molar refractivity (Wildman–Crippen MR) is 72.4 cm³/mol. The van der Waals surface area contributed by atoms with Crippen molar-refractivity contribution in [2.45, 2.75) is 24.4 Å². The molecule has 29 heavy (non-hydrogen) atoms. The number of rotatable bonds is 4. The van der Waals surface area contributed by atoms with E-state index >= 15 is 0 Å². The third-order valence-electron chi connectivity index (χ3n) is 2.95. The van der Waals surface area contributed by atoms with Crippen molar-refractivity contribution in [3.8, 4) is 5.75 Å². The highest BCUT2D eigenvalue weighted by Gasteiger charge is 2.73. The van der Waals surface area contributed by atoms with E-state index in [1.54, 1.807) is 0 Å². The summed E-state index contributed by atoms with van der Waals surface area (Å²) in [5.74, 6) is -6.02. The summed E-state index contributed by atoms with van der Waals surface area (Å²) in [7, 11) is 0. The van der Waals surface area contributed by atoms with E-state index in [0.29, 0.717) is 0 Å². The maximum atomic E-state index is 14.1. The number of carbonyl (C=O) groups excluding carboxylic acids is 1. The monoisotopic (exact) mass is 466 g/mol. The van der Waals surface area contributed by atoms with E-state index < -0.39 is 64.3 Å². The van der Waals surface area contributed by atoms with Crippen molar-refractivity contribution in [2.24, 2.45) is 0 Å². The summed E-state index contributed by atoms with van der Waals surface area (Å²) in [6, 6.07) is -0.948. The molecule has 0 fully saturated rings. The van der Waals surface area contributed by atoms with Gasteiger partial charge in [0.1, 0.15) is 5.69 Å². The molecule has 0 aliphatic rings. The van der Waals surface area contributed by atoms with Gasteiger partial charge in [-0.05, 0) is 12.1 Å². The Labute approximate surface area is 157 Å². The van der Waals surface area contributed by atoms with Gasteiger partial charge in [-0.15, -0.1) is 13.2 Å². The molecule has 0 aromatic heterocycles. The number of hydrogen-bond acceptors (Lipinski definition) is 4. The summed E-state index contributed by atoms with van der Waals surface area (Å²) in [6.45, 7) is 0. The number of alkyl halides is 10. The van der Waals surface area contributed by atoms with Crippen LogP contribution >= 0.6 is 11.6 Å². The lowest BCUT2D eigenvalue weighted by atomic mass is 9.93. The number of hydrogen-bond donors (Lipinski definition) is 3. The molecule has 1 rings (SSSR count). The fourth-order valence-corrected chi connectivity index (χ4v) is 2.03. The molecule has 1 aromatic carbocycles. The Balaban J connectivity index is 3.65. The first kappa shape index (κ1) is 24.4. The molecular weight excluding hydrogens is 462 g/mol. The molecule has 0 aliphatic carbocycles. The number of ether oxygens (including phenoxy) is 1. The quantitative estimate of drug-likeness (QED) is 0.354. The summed E-state index contributed by atoms with van der Waals surface area (Å²) in [6.07, 6.45) is -19.1. The van der Waals surface area contributed by atoms with Crippen LogP contribution in [0.5, 0.6) is 5.75 Å². The molecule has 164 valence electrons. The summed E-state index contributed by atoms with van der Waals surface area (Å²) >= 11 is 5.32. The zero-order valence-corrected chi connectivity index (χ0v) is 13.7. The van der Waals surface area contributed by atoms with Crippen LogP contribution < -0.4 is 15.6 Å². The minimum absolute atomic E-state index is 0.332. The van der Waals surface area contributed by atoms with Gasteiger partial charge in [-0.25, -0.2) is 9.18 Å². The lowest BCUT2D eigenvalue weighted by molar-refractivity contribution is -0.348. The number of hydrazine groups is 1. The van der Waals surface area contributed by atoms with Gasteiger partial charge in [0.05, 0.1) is 5.02 Å². The Morgan fingerprint density at radius 3 is 1.79 bits per heavy atom. The molecule has 6 nitrogen and oxygen atoms in total. The molecule has 0 heterocycles. The Morgan fingerprint density at radius 2 is 1.41 bits per heavy atom. The first-order valence-electron chi connectivity index (χ1n) is 6.52.